The van der Waals surface area contributed by atoms with Crippen molar-refractivity contribution < 1.29 is 14.6 Å². The van der Waals surface area contributed by atoms with Crippen LogP contribution in [0.3, 0.4) is 0 Å². The van der Waals surface area contributed by atoms with Crippen LogP contribution in [0.15, 0.2) is 12.1 Å². The lowest BCUT2D eigenvalue weighted by molar-refractivity contribution is 0.0173. The number of aromatic nitrogens is 1. The van der Waals surface area contributed by atoms with Gasteiger partial charge in [0.25, 0.3) is 0 Å². The van der Waals surface area contributed by atoms with Crippen LogP contribution in [0.5, 0.6) is 0 Å². The first-order valence-corrected chi connectivity index (χ1v) is 5.78. The largest absolute Gasteiger partial charge is 0.389 e. The molecule has 17 heavy (non-hydrogen) atoms. The molecule has 1 aromatic heterocycles. The third-order valence-corrected chi connectivity index (χ3v) is 2.50. The maximum Gasteiger partial charge on any atom is 0.0961 e. The van der Waals surface area contributed by atoms with Gasteiger partial charge >= 0.3 is 0 Å². The molecule has 1 unspecified atom stereocenters. The lowest BCUT2D eigenvalue weighted by Gasteiger charge is -2.16. The summed E-state index contributed by atoms with van der Waals surface area (Å²) in [6.45, 7) is 5.87. The summed E-state index contributed by atoms with van der Waals surface area (Å²) in [5.41, 5.74) is 5.40. The molecule has 1 heterocycles. The first kappa shape index (κ1) is 14.0. The fraction of sp³-hybridized carbons (Fsp3) is 0.667. The van der Waals surface area contributed by atoms with E-state index in [0.717, 1.165) is 11.4 Å². The smallest absolute Gasteiger partial charge is 0.0961 e. The molecule has 0 aliphatic rings. The molecule has 5 heteroatoms. The molecule has 1 atom stereocenters. The zero-order chi connectivity index (χ0) is 12.7. The van der Waals surface area contributed by atoms with Crippen LogP contribution in [-0.2, 0) is 9.47 Å². The van der Waals surface area contributed by atoms with E-state index >= 15 is 0 Å². The van der Waals surface area contributed by atoms with Gasteiger partial charge in [-0.15, -0.1) is 0 Å². The number of rotatable bonds is 8. The minimum atomic E-state index is -0.520. The van der Waals surface area contributed by atoms with E-state index in [0.29, 0.717) is 26.4 Å². The van der Waals surface area contributed by atoms with Gasteiger partial charge in [-0.3, -0.25) is 4.68 Å². The van der Waals surface area contributed by atoms with Crippen LogP contribution in [0.25, 0.3) is 0 Å². The first-order valence-electron chi connectivity index (χ1n) is 5.78. The summed E-state index contributed by atoms with van der Waals surface area (Å²) in [5, 5.41) is 9.69. The minimum absolute atomic E-state index is 0.315. The molecule has 98 valence electrons. The summed E-state index contributed by atoms with van der Waals surface area (Å²) < 4.78 is 12.0. The van der Waals surface area contributed by atoms with Crippen molar-refractivity contribution in [2.45, 2.75) is 20.0 Å². The van der Waals surface area contributed by atoms with Gasteiger partial charge in [0.2, 0.25) is 0 Å². The topological polar surface area (TPSA) is 55.6 Å². The molecule has 2 N–H and O–H groups in total. The molecule has 0 spiro atoms. The van der Waals surface area contributed by atoms with E-state index in [1.54, 1.807) is 7.11 Å². The Morgan fingerprint density at radius 2 is 1.94 bits per heavy atom. The van der Waals surface area contributed by atoms with Crippen molar-refractivity contribution >= 4 is 0 Å². The van der Waals surface area contributed by atoms with Gasteiger partial charge in [0.15, 0.2) is 0 Å². The summed E-state index contributed by atoms with van der Waals surface area (Å²) in [5.74, 6) is 0. The molecule has 0 amide bonds. The van der Waals surface area contributed by atoms with Crippen molar-refractivity contribution in [2.24, 2.45) is 0 Å². The maximum absolute atomic E-state index is 9.69. The second kappa shape index (κ2) is 7.32. The normalized spacial score (nSPS) is 12.7. The number of nitrogens with one attached hydrogen (secondary N) is 1. The molecular formula is C12H22N2O3. The average Bonchev–Trinajstić information content (AvgIpc) is 2.62. The van der Waals surface area contributed by atoms with Gasteiger partial charge in [0.1, 0.15) is 0 Å². The average molecular weight is 242 g/mol. The predicted octanol–water partition coefficient (Wildman–Crippen LogP) is 0.672. The lowest BCUT2D eigenvalue weighted by atomic mass is 10.4. The van der Waals surface area contributed by atoms with Gasteiger partial charge in [-0.25, -0.2) is 0 Å². The van der Waals surface area contributed by atoms with E-state index in [1.165, 1.54) is 0 Å². The molecule has 0 aromatic carbocycles. The zero-order valence-corrected chi connectivity index (χ0v) is 10.8. The van der Waals surface area contributed by atoms with Crippen molar-refractivity contribution in [1.29, 1.82) is 0 Å². The van der Waals surface area contributed by atoms with Crippen molar-refractivity contribution in [3.63, 3.8) is 0 Å². The fourth-order valence-corrected chi connectivity index (χ4v) is 1.54. The Balaban J connectivity index is 2.21. The summed E-state index contributed by atoms with van der Waals surface area (Å²) in [7, 11) is 1.62. The molecular weight excluding hydrogens is 220 g/mol. The van der Waals surface area contributed by atoms with Gasteiger partial charge in [0.05, 0.1) is 32.5 Å². The van der Waals surface area contributed by atoms with E-state index in [2.05, 4.69) is 5.43 Å². The predicted molar refractivity (Wildman–Crippen MR) is 66.8 cm³/mol. The third kappa shape index (κ3) is 4.77. The third-order valence-electron chi connectivity index (χ3n) is 2.50. The van der Waals surface area contributed by atoms with Crippen LogP contribution in [-0.4, -0.2) is 49.4 Å². The van der Waals surface area contributed by atoms with Crippen LogP contribution in [0.4, 0.5) is 0 Å². The SMILES string of the molecule is COCCOCC(O)CNn1c(C)ccc1C. The monoisotopic (exact) mass is 242 g/mol. The van der Waals surface area contributed by atoms with E-state index in [-0.39, 0.29) is 0 Å². The molecule has 0 fully saturated rings. The van der Waals surface area contributed by atoms with Crippen LogP contribution in [0.2, 0.25) is 0 Å². The van der Waals surface area contributed by atoms with Gasteiger partial charge in [-0.1, -0.05) is 0 Å². The number of aliphatic hydroxyl groups excluding tert-OH is 1. The van der Waals surface area contributed by atoms with Crippen molar-refractivity contribution in [3.05, 3.63) is 23.5 Å². The number of aliphatic hydroxyl groups is 1. The molecule has 1 aromatic rings. The van der Waals surface area contributed by atoms with E-state index < -0.39 is 6.10 Å². The number of methoxy groups -OCH3 is 1. The van der Waals surface area contributed by atoms with Gasteiger partial charge in [-0.05, 0) is 26.0 Å². The quantitative estimate of drug-likeness (QED) is 0.658. The van der Waals surface area contributed by atoms with Crippen molar-refractivity contribution in [1.82, 2.24) is 4.68 Å². The lowest BCUT2D eigenvalue weighted by Crippen LogP contribution is -2.30. The van der Waals surface area contributed by atoms with Gasteiger partial charge in [-0.2, -0.15) is 0 Å². The van der Waals surface area contributed by atoms with E-state index in [9.17, 15) is 5.11 Å². The van der Waals surface area contributed by atoms with Crippen LogP contribution in [0, 0.1) is 13.8 Å². The Bertz CT molecular complexity index is 306. The second-order valence-electron chi connectivity index (χ2n) is 4.04. The second-order valence-corrected chi connectivity index (χ2v) is 4.04. The maximum atomic E-state index is 9.69. The molecule has 1 rings (SSSR count). The number of hydrogen-bond acceptors (Lipinski definition) is 4. The highest BCUT2D eigenvalue weighted by molar-refractivity contribution is 5.15. The van der Waals surface area contributed by atoms with Gasteiger partial charge < -0.3 is 20.0 Å². The Hall–Kier alpha value is -1.04. The number of aryl methyl sites for hydroxylation is 2. The Kier molecular flexibility index (Phi) is 6.04. The zero-order valence-electron chi connectivity index (χ0n) is 10.8. The molecule has 0 aliphatic heterocycles. The molecule has 0 aliphatic carbocycles. The Morgan fingerprint density at radius 3 is 2.53 bits per heavy atom. The molecule has 0 radical (unpaired) electrons. The van der Waals surface area contributed by atoms with E-state index in [1.807, 2.05) is 30.7 Å². The molecule has 5 nitrogen and oxygen atoms in total. The summed E-state index contributed by atoms with van der Waals surface area (Å²) in [4.78, 5) is 0. The summed E-state index contributed by atoms with van der Waals surface area (Å²) in [6, 6.07) is 4.06. The molecule has 0 saturated carbocycles. The highest BCUT2D eigenvalue weighted by Gasteiger charge is 2.06. The number of hydrogen-bond donors (Lipinski definition) is 2. The summed E-state index contributed by atoms with van der Waals surface area (Å²) in [6.07, 6.45) is -0.520. The highest BCUT2D eigenvalue weighted by Crippen LogP contribution is 2.03. The highest BCUT2D eigenvalue weighted by atomic mass is 16.5. The van der Waals surface area contributed by atoms with Crippen molar-refractivity contribution in [3.8, 4) is 0 Å². The fourth-order valence-electron chi connectivity index (χ4n) is 1.54. The Morgan fingerprint density at radius 1 is 1.29 bits per heavy atom. The Labute approximate surface area is 102 Å². The van der Waals surface area contributed by atoms with Gasteiger partial charge in [0, 0.05) is 18.5 Å². The standard InChI is InChI=1S/C12H22N2O3/c1-10-4-5-11(2)14(10)13-8-12(15)9-17-7-6-16-3/h4-5,12-13,15H,6-9H2,1-3H3. The van der Waals surface area contributed by atoms with E-state index in [4.69, 9.17) is 9.47 Å². The number of ether oxygens (including phenoxy) is 2. The molecule has 0 bridgehead atoms. The van der Waals surface area contributed by atoms with Crippen molar-refractivity contribution in [2.75, 3.05) is 38.9 Å². The van der Waals surface area contributed by atoms with Crippen LogP contribution < -0.4 is 5.43 Å². The first-order chi connectivity index (χ1) is 8.15. The number of nitrogens with zero attached hydrogens (tertiary/aromatic N) is 1. The van der Waals surface area contributed by atoms with Crippen LogP contribution in [0.1, 0.15) is 11.4 Å². The summed E-state index contributed by atoms with van der Waals surface area (Å²) >= 11 is 0. The molecule has 0 saturated heterocycles. The van der Waals surface area contributed by atoms with Crippen LogP contribution >= 0.6 is 0 Å². The minimum Gasteiger partial charge on any atom is -0.389 e.